The fourth-order valence-corrected chi connectivity index (χ4v) is 5.37. The van der Waals surface area contributed by atoms with Gasteiger partial charge in [0.05, 0.1) is 17.8 Å². The van der Waals surface area contributed by atoms with E-state index in [9.17, 15) is 9.59 Å². The Balaban J connectivity index is 1.44. The zero-order valence-electron chi connectivity index (χ0n) is 20.8. The first-order chi connectivity index (χ1) is 16.5. The van der Waals surface area contributed by atoms with E-state index in [4.69, 9.17) is 5.10 Å². The molecule has 2 saturated heterocycles. The van der Waals surface area contributed by atoms with Crippen molar-refractivity contribution in [3.05, 3.63) is 47.3 Å². The van der Waals surface area contributed by atoms with Crippen molar-refractivity contribution in [2.45, 2.75) is 71.3 Å². The number of benzene rings is 1. The summed E-state index contributed by atoms with van der Waals surface area (Å²) in [6.45, 7) is 8.25. The first-order valence-corrected chi connectivity index (χ1v) is 12.9. The molecule has 0 aliphatic carbocycles. The lowest BCUT2D eigenvalue weighted by Crippen LogP contribution is -2.44. The fraction of sp³-hybridized carbons (Fsp3) is 0.593. The van der Waals surface area contributed by atoms with Crippen LogP contribution in [0.1, 0.15) is 61.9 Å². The van der Waals surface area contributed by atoms with Crippen molar-refractivity contribution >= 4 is 11.8 Å². The van der Waals surface area contributed by atoms with Crippen LogP contribution in [0.25, 0.3) is 5.69 Å². The van der Waals surface area contributed by atoms with Gasteiger partial charge in [-0.2, -0.15) is 5.10 Å². The van der Waals surface area contributed by atoms with Gasteiger partial charge in [-0.05, 0) is 64.6 Å². The van der Waals surface area contributed by atoms with E-state index in [0.717, 1.165) is 74.5 Å². The van der Waals surface area contributed by atoms with E-state index in [1.807, 2.05) is 46.8 Å². The summed E-state index contributed by atoms with van der Waals surface area (Å²) >= 11 is 0. The molecule has 7 heteroatoms. The zero-order valence-corrected chi connectivity index (χ0v) is 20.8. The van der Waals surface area contributed by atoms with Gasteiger partial charge in [0.25, 0.3) is 0 Å². The number of nitrogens with one attached hydrogen (secondary N) is 1. The molecule has 1 unspecified atom stereocenters. The summed E-state index contributed by atoms with van der Waals surface area (Å²) in [6, 6.07) is 10.4. The average Bonchev–Trinajstić information content (AvgIpc) is 3.12. The molecule has 0 saturated carbocycles. The molecule has 3 heterocycles. The monoisotopic (exact) mass is 465 g/mol. The minimum absolute atomic E-state index is 0.172. The molecule has 1 atom stereocenters. The summed E-state index contributed by atoms with van der Waals surface area (Å²) in [7, 11) is 0. The summed E-state index contributed by atoms with van der Waals surface area (Å²) in [5, 5.41) is 7.82. The summed E-state index contributed by atoms with van der Waals surface area (Å²) in [5.74, 6) is 0.346. The zero-order chi connectivity index (χ0) is 23.9. The molecule has 1 aromatic carbocycles. The van der Waals surface area contributed by atoms with Crippen molar-refractivity contribution in [2.24, 2.45) is 0 Å². The van der Waals surface area contributed by atoms with Gasteiger partial charge in [0.2, 0.25) is 11.8 Å². The molecule has 34 heavy (non-hydrogen) atoms. The van der Waals surface area contributed by atoms with Crippen LogP contribution in [0.15, 0.2) is 30.3 Å². The van der Waals surface area contributed by atoms with Gasteiger partial charge in [0.1, 0.15) is 0 Å². The number of aromatic nitrogens is 2. The second-order valence-electron chi connectivity index (χ2n) is 9.75. The standard InChI is InChI=1S/C27H39N5O2/c1-21-25(22(2)32(29-21)23-11-4-3-5-12-23)20-27(34)31-16-9-7-14-28-26(33)19-24-13-6-8-15-30(24)17-10-18-31/h3-5,11-12,24H,6-10,13-20H2,1-2H3,(H,28,33). The molecule has 2 amide bonds. The third-order valence-electron chi connectivity index (χ3n) is 7.34. The Kier molecular flexibility index (Phi) is 8.38. The van der Waals surface area contributed by atoms with Gasteiger partial charge in [-0.3, -0.25) is 14.5 Å². The molecule has 7 nitrogen and oxygen atoms in total. The first kappa shape index (κ1) is 24.5. The molecule has 2 fully saturated rings. The number of amides is 2. The third-order valence-corrected chi connectivity index (χ3v) is 7.34. The Morgan fingerprint density at radius 3 is 2.56 bits per heavy atom. The number of carbonyl (C=O) groups is 2. The molecule has 4 rings (SSSR count). The van der Waals surface area contributed by atoms with E-state index in [1.54, 1.807) is 0 Å². The van der Waals surface area contributed by atoms with Crippen molar-refractivity contribution in [3.8, 4) is 5.69 Å². The molecule has 2 aromatic rings. The lowest BCUT2D eigenvalue weighted by molar-refractivity contribution is -0.130. The smallest absolute Gasteiger partial charge is 0.227 e. The predicted octanol–water partition coefficient (Wildman–Crippen LogP) is 3.40. The topological polar surface area (TPSA) is 70.5 Å². The van der Waals surface area contributed by atoms with E-state index in [1.165, 1.54) is 12.8 Å². The Morgan fingerprint density at radius 2 is 1.74 bits per heavy atom. The van der Waals surface area contributed by atoms with Gasteiger partial charge in [-0.15, -0.1) is 0 Å². The van der Waals surface area contributed by atoms with Gasteiger partial charge < -0.3 is 10.2 Å². The molecule has 0 spiro atoms. The molecule has 2 aliphatic heterocycles. The highest BCUT2D eigenvalue weighted by molar-refractivity contribution is 5.79. The number of rotatable bonds is 3. The number of fused-ring (bicyclic) bond motifs is 1. The van der Waals surface area contributed by atoms with Crippen LogP contribution in [-0.2, 0) is 16.0 Å². The van der Waals surface area contributed by atoms with Crippen LogP contribution >= 0.6 is 0 Å². The van der Waals surface area contributed by atoms with Crippen molar-refractivity contribution in [1.29, 1.82) is 0 Å². The SMILES string of the molecule is Cc1nn(-c2ccccc2)c(C)c1CC(=O)N1CCCCNC(=O)CC2CCCCN2CCC1. The second-order valence-corrected chi connectivity index (χ2v) is 9.75. The molecule has 1 N–H and O–H groups in total. The Bertz CT molecular complexity index is 971. The number of hydrogen-bond donors (Lipinski definition) is 1. The van der Waals surface area contributed by atoms with E-state index >= 15 is 0 Å². The summed E-state index contributed by atoms with van der Waals surface area (Å²) < 4.78 is 1.94. The molecule has 184 valence electrons. The van der Waals surface area contributed by atoms with Gasteiger partial charge in [0, 0.05) is 49.9 Å². The molecular formula is C27H39N5O2. The van der Waals surface area contributed by atoms with Crippen LogP contribution in [0.2, 0.25) is 0 Å². The van der Waals surface area contributed by atoms with Crippen LogP contribution in [0.4, 0.5) is 0 Å². The quantitative estimate of drug-likeness (QED) is 0.754. The molecule has 2 aliphatic rings. The fourth-order valence-electron chi connectivity index (χ4n) is 5.37. The van der Waals surface area contributed by atoms with E-state index in [0.29, 0.717) is 25.4 Å². The lowest BCUT2D eigenvalue weighted by Gasteiger charge is -2.35. The normalized spacial score (nSPS) is 21.1. The highest BCUT2D eigenvalue weighted by Crippen LogP contribution is 2.21. The van der Waals surface area contributed by atoms with Crippen molar-refractivity contribution < 1.29 is 9.59 Å². The average molecular weight is 466 g/mol. The molecule has 0 radical (unpaired) electrons. The second kappa shape index (κ2) is 11.6. The van der Waals surface area contributed by atoms with Crippen molar-refractivity contribution in [2.75, 3.05) is 32.7 Å². The summed E-state index contributed by atoms with van der Waals surface area (Å²) in [6.07, 6.45) is 7.23. The maximum Gasteiger partial charge on any atom is 0.227 e. The van der Waals surface area contributed by atoms with Gasteiger partial charge in [-0.1, -0.05) is 24.6 Å². The maximum atomic E-state index is 13.4. The highest BCUT2D eigenvalue weighted by atomic mass is 16.2. The molecule has 0 bridgehead atoms. The van der Waals surface area contributed by atoms with Crippen molar-refractivity contribution in [3.63, 3.8) is 0 Å². The Morgan fingerprint density at radius 1 is 1.00 bits per heavy atom. The van der Waals surface area contributed by atoms with E-state index < -0.39 is 0 Å². The molecule has 1 aromatic heterocycles. The number of nitrogens with zero attached hydrogens (tertiary/aromatic N) is 4. The number of hydrogen-bond acceptors (Lipinski definition) is 4. The maximum absolute atomic E-state index is 13.4. The molecular weight excluding hydrogens is 426 g/mol. The van der Waals surface area contributed by atoms with Crippen LogP contribution in [-0.4, -0.2) is 70.2 Å². The Hall–Kier alpha value is -2.67. The summed E-state index contributed by atoms with van der Waals surface area (Å²) in [4.78, 5) is 30.3. The van der Waals surface area contributed by atoms with Crippen molar-refractivity contribution in [1.82, 2.24) is 24.9 Å². The number of para-hydroxylation sites is 1. The van der Waals surface area contributed by atoms with Crippen LogP contribution in [0.5, 0.6) is 0 Å². The number of piperidine rings is 1. The van der Waals surface area contributed by atoms with E-state index in [2.05, 4.69) is 17.1 Å². The summed E-state index contributed by atoms with van der Waals surface area (Å²) in [5.41, 5.74) is 3.99. The lowest BCUT2D eigenvalue weighted by atomic mass is 9.98. The van der Waals surface area contributed by atoms with Crippen LogP contribution in [0.3, 0.4) is 0 Å². The predicted molar refractivity (Wildman–Crippen MR) is 134 cm³/mol. The van der Waals surface area contributed by atoms with Crippen LogP contribution in [0, 0.1) is 13.8 Å². The van der Waals surface area contributed by atoms with Gasteiger partial charge in [-0.25, -0.2) is 4.68 Å². The first-order valence-electron chi connectivity index (χ1n) is 12.9. The Labute approximate surface area is 203 Å². The minimum Gasteiger partial charge on any atom is -0.356 e. The highest BCUT2D eigenvalue weighted by Gasteiger charge is 2.25. The van der Waals surface area contributed by atoms with E-state index in [-0.39, 0.29) is 11.8 Å². The van der Waals surface area contributed by atoms with Gasteiger partial charge in [0.15, 0.2) is 0 Å². The largest absolute Gasteiger partial charge is 0.356 e. The van der Waals surface area contributed by atoms with Crippen LogP contribution < -0.4 is 5.32 Å². The third kappa shape index (κ3) is 6.06. The number of aryl methyl sites for hydroxylation is 1. The minimum atomic E-state index is 0.172. The number of carbonyl (C=O) groups excluding carboxylic acids is 2. The van der Waals surface area contributed by atoms with Gasteiger partial charge >= 0.3 is 0 Å².